The van der Waals surface area contributed by atoms with Gasteiger partial charge in [-0.2, -0.15) is 9.97 Å². The number of nitrogens with zero attached hydrogens (tertiary/aromatic N) is 4. The second kappa shape index (κ2) is 10.4. The molecule has 0 spiro atoms. The summed E-state index contributed by atoms with van der Waals surface area (Å²) < 4.78 is 68.1. The Morgan fingerprint density at radius 3 is 2.48 bits per heavy atom. The van der Waals surface area contributed by atoms with Gasteiger partial charge in [0.15, 0.2) is 5.82 Å². The van der Waals surface area contributed by atoms with Crippen molar-refractivity contribution in [2.75, 3.05) is 44.2 Å². The summed E-state index contributed by atoms with van der Waals surface area (Å²) in [6, 6.07) is 6.71. The van der Waals surface area contributed by atoms with E-state index < -0.39 is 28.7 Å². The third-order valence-corrected chi connectivity index (χ3v) is 9.95. The maximum atomic E-state index is 16.8. The summed E-state index contributed by atoms with van der Waals surface area (Å²) in [7, 11) is 0. The van der Waals surface area contributed by atoms with Crippen LogP contribution < -0.4 is 15.0 Å². The number of hydrogen-bond donors (Lipinski definition) is 2. The molecule has 2 atom stereocenters. The fraction of sp³-hybridized carbons (Fsp3) is 0.429. The Kier molecular flexibility index (Phi) is 6.64. The molecule has 2 bridgehead atoms. The highest BCUT2D eigenvalue weighted by Crippen LogP contribution is 2.48. The molecule has 11 heteroatoms. The summed E-state index contributed by atoms with van der Waals surface area (Å²) in [5.74, 6) is -0.228. The molecule has 7 nitrogen and oxygen atoms in total. The van der Waals surface area contributed by atoms with Crippen molar-refractivity contribution < 1.29 is 27.4 Å². The van der Waals surface area contributed by atoms with Crippen LogP contribution in [0, 0.1) is 35.2 Å². The first kappa shape index (κ1) is 29.3. The molecule has 3 aliphatic heterocycles. The molecule has 46 heavy (non-hydrogen) atoms. The second-order valence-corrected chi connectivity index (χ2v) is 13.8. The molecule has 0 amide bonds. The fourth-order valence-corrected chi connectivity index (χ4v) is 7.66. The molecule has 1 aliphatic carbocycles. The minimum Gasteiger partial charge on any atom is -0.508 e. The van der Waals surface area contributed by atoms with Gasteiger partial charge in [-0.1, -0.05) is 12.0 Å². The molecule has 0 radical (unpaired) electrons. The van der Waals surface area contributed by atoms with E-state index in [9.17, 15) is 13.9 Å². The first-order valence-electron chi connectivity index (χ1n) is 15.7. The van der Waals surface area contributed by atoms with Crippen molar-refractivity contribution in [2.24, 2.45) is 5.41 Å². The van der Waals surface area contributed by atoms with Crippen LogP contribution in [0.1, 0.15) is 38.2 Å². The molecule has 4 aliphatic rings. The predicted octanol–water partition coefficient (Wildman–Crippen LogP) is 5.70. The van der Waals surface area contributed by atoms with Crippen LogP contribution in [0.15, 0.2) is 30.3 Å². The Bertz CT molecular complexity index is 1940. The molecular weight excluding hydrogens is 598 g/mol. The maximum absolute atomic E-state index is 16.8. The van der Waals surface area contributed by atoms with Gasteiger partial charge in [-0.05, 0) is 62.3 Å². The van der Waals surface area contributed by atoms with Crippen molar-refractivity contribution in [1.29, 1.82) is 0 Å². The van der Waals surface area contributed by atoms with E-state index in [1.165, 1.54) is 24.3 Å². The van der Waals surface area contributed by atoms with Gasteiger partial charge in [0.2, 0.25) is 0 Å². The lowest BCUT2D eigenvalue weighted by Crippen LogP contribution is -2.58. The van der Waals surface area contributed by atoms with Crippen molar-refractivity contribution in [2.45, 2.75) is 50.4 Å². The van der Waals surface area contributed by atoms with Gasteiger partial charge in [-0.25, -0.2) is 17.6 Å². The summed E-state index contributed by atoms with van der Waals surface area (Å²) in [5.41, 5.74) is -2.23. The van der Waals surface area contributed by atoms with Gasteiger partial charge < -0.3 is 20.1 Å². The third kappa shape index (κ3) is 4.99. The van der Waals surface area contributed by atoms with E-state index in [2.05, 4.69) is 21.1 Å². The number of alkyl halides is 1. The normalized spacial score (nSPS) is 23.0. The first-order chi connectivity index (χ1) is 22.0. The zero-order chi connectivity index (χ0) is 32.0. The minimum absolute atomic E-state index is 0.0359. The predicted molar refractivity (Wildman–Crippen MR) is 167 cm³/mol. The van der Waals surface area contributed by atoms with E-state index in [0.717, 1.165) is 31.7 Å². The number of rotatable bonds is 7. The Hall–Kier alpha value is -4.14. The molecule has 4 aromatic rings. The highest BCUT2D eigenvalue weighted by molar-refractivity contribution is 6.04. The molecule has 4 fully saturated rings. The molecule has 2 unspecified atom stereocenters. The number of halogens is 4. The van der Waals surface area contributed by atoms with Crippen LogP contribution >= 0.6 is 0 Å². The van der Waals surface area contributed by atoms with Crippen LogP contribution in [-0.2, 0) is 0 Å². The molecule has 3 aromatic carbocycles. The number of aromatic hydroxyl groups is 1. The van der Waals surface area contributed by atoms with Crippen LogP contribution in [0.5, 0.6) is 11.8 Å². The zero-order valence-electron chi connectivity index (χ0n) is 25.3. The van der Waals surface area contributed by atoms with Gasteiger partial charge >= 0.3 is 6.01 Å². The molecule has 3 saturated heterocycles. The molecule has 1 aromatic heterocycles. The van der Waals surface area contributed by atoms with Gasteiger partial charge in [0.1, 0.15) is 34.4 Å². The van der Waals surface area contributed by atoms with Crippen LogP contribution in [0.3, 0.4) is 0 Å². The Morgan fingerprint density at radius 2 is 1.80 bits per heavy atom. The molecule has 4 heterocycles. The van der Waals surface area contributed by atoms with Gasteiger partial charge in [0.25, 0.3) is 0 Å². The Balaban J connectivity index is 1.24. The Labute approximate surface area is 263 Å². The molecular formula is C35H33F4N5O2. The number of terminal acetylenes is 1. The van der Waals surface area contributed by atoms with Crippen molar-refractivity contribution >= 4 is 27.5 Å². The summed E-state index contributed by atoms with van der Waals surface area (Å²) in [6.07, 6.45) is 9.46. The highest BCUT2D eigenvalue weighted by atomic mass is 19.1. The number of fused-ring (bicyclic) bond motifs is 4. The number of phenols is 1. The van der Waals surface area contributed by atoms with Gasteiger partial charge in [-0.3, -0.25) is 4.90 Å². The maximum Gasteiger partial charge on any atom is 0.319 e. The lowest BCUT2D eigenvalue weighted by molar-refractivity contribution is -0.0329. The van der Waals surface area contributed by atoms with Crippen molar-refractivity contribution in [3.8, 4) is 35.2 Å². The smallest absolute Gasteiger partial charge is 0.319 e. The number of hydrogen-bond acceptors (Lipinski definition) is 7. The number of phenolic OH excluding ortho intramolecular Hbond substituents is 1. The lowest BCUT2D eigenvalue weighted by atomic mass is 9.92. The van der Waals surface area contributed by atoms with E-state index in [1.807, 2.05) is 4.90 Å². The quantitative estimate of drug-likeness (QED) is 0.200. The van der Waals surface area contributed by atoms with Crippen molar-refractivity contribution in [3.05, 3.63) is 53.3 Å². The molecule has 2 N–H and O–H groups in total. The number of anilines is 1. The SMILES string of the molecule is C#Cc1c(F)ccc2cc(O)cc(-c3c(F)cc4c(N5CC6CCC(C5)N6)nc(OCC5(CN6CC(C)(F)C6)CC5)nc4c3F)c12. The number of ether oxygens (including phenoxy) is 1. The number of benzene rings is 3. The number of aromatic nitrogens is 2. The number of likely N-dealkylation sites (tertiary alicyclic amines) is 1. The fourth-order valence-electron chi connectivity index (χ4n) is 7.66. The van der Waals surface area contributed by atoms with Crippen LogP contribution in [0.25, 0.3) is 32.8 Å². The molecule has 1 saturated carbocycles. The lowest BCUT2D eigenvalue weighted by Gasteiger charge is -2.43. The van der Waals surface area contributed by atoms with Crippen molar-refractivity contribution in [3.63, 3.8) is 0 Å². The van der Waals surface area contributed by atoms with Crippen LogP contribution in [-0.4, -0.2) is 77.1 Å². The van der Waals surface area contributed by atoms with E-state index in [4.69, 9.17) is 16.1 Å². The summed E-state index contributed by atoms with van der Waals surface area (Å²) >= 11 is 0. The largest absolute Gasteiger partial charge is 0.508 e. The first-order valence-corrected chi connectivity index (χ1v) is 15.7. The summed E-state index contributed by atoms with van der Waals surface area (Å²) in [6.45, 7) is 4.54. The van der Waals surface area contributed by atoms with Crippen molar-refractivity contribution in [1.82, 2.24) is 20.2 Å². The van der Waals surface area contributed by atoms with Gasteiger partial charge in [-0.15, -0.1) is 6.42 Å². The molecule has 8 rings (SSSR count). The highest BCUT2D eigenvalue weighted by Gasteiger charge is 2.49. The average Bonchev–Trinajstić information content (AvgIpc) is 3.68. The second-order valence-electron chi connectivity index (χ2n) is 13.8. The minimum atomic E-state index is -1.17. The van der Waals surface area contributed by atoms with E-state index in [1.54, 1.807) is 6.92 Å². The van der Waals surface area contributed by atoms with Crippen LogP contribution in [0.2, 0.25) is 0 Å². The van der Waals surface area contributed by atoms with Crippen LogP contribution in [0.4, 0.5) is 23.4 Å². The number of nitrogens with one attached hydrogen (secondary N) is 1. The zero-order valence-corrected chi connectivity index (χ0v) is 25.3. The molecule has 238 valence electrons. The Morgan fingerprint density at radius 1 is 1.07 bits per heavy atom. The number of piperazine rings is 1. The van der Waals surface area contributed by atoms with Gasteiger partial charge in [0, 0.05) is 66.6 Å². The standard InChI is InChI=1S/C35H33F4N5O2/c1-3-23-26(36)7-4-19-10-22(45)11-24(28(19)23)29-27(37)12-25-31(30(29)38)41-33(42-32(25)44-13-20-5-6-21(14-44)40-20)46-18-35(8-9-35)17-43-15-34(2,39)16-43/h1,4,7,10-12,20-21,40,45H,5-6,8-9,13-18H2,2H3. The summed E-state index contributed by atoms with van der Waals surface area (Å²) in [4.78, 5) is 13.3. The third-order valence-electron chi connectivity index (χ3n) is 9.95. The van der Waals surface area contributed by atoms with E-state index in [0.29, 0.717) is 43.9 Å². The van der Waals surface area contributed by atoms with E-state index >= 15 is 8.78 Å². The topological polar surface area (TPSA) is 73.8 Å². The summed E-state index contributed by atoms with van der Waals surface area (Å²) in [5, 5.41) is 14.7. The monoisotopic (exact) mass is 631 g/mol. The van der Waals surface area contributed by atoms with E-state index in [-0.39, 0.29) is 63.3 Å². The van der Waals surface area contributed by atoms with Gasteiger partial charge in [0.05, 0.1) is 17.7 Å². The average molecular weight is 632 g/mol.